The number of ketones is 3. The third-order valence-electron chi connectivity index (χ3n) is 8.10. The molecule has 0 bridgehead atoms. The van der Waals surface area contributed by atoms with Crippen molar-refractivity contribution >= 4 is 28.9 Å². The number of primary amides is 1. The second-order valence-corrected chi connectivity index (χ2v) is 11.0. The van der Waals surface area contributed by atoms with E-state index in [0.29, 0.717) is 11.3 Å². The first-order valence-electron chi connectivity index (χ1n) is 12.5. The van der Waals surface area contributed by atoms with E-state index in [2.05, 4.69) is 5.32 Å². The molecule has 0 radical (unpaired) electrons. The SMILES string of the molecule is CN(C)c1cc(CNCC(F)(F)F)c(O)c2c1CC1CC3[C@H](N(C)C)C(=O)C(C(N)=O)=C(O)[C@@]3(O)C(=O)C1C2=O. The predicted molar refractivity (Wildman–Crippen MR) is 135 cm³/mol. The van der Waals surface area contributed by atoms with Gasteiger partial charge in [-0.15, -0.1) is 0 Å². The van der Waals surface area contributed by atoms with Gasteiger partial charge in [-0.1, -0.05) is 0 Å². The quantitative estimate of drug-likeness (QED) is 0.236. The van der Waals surface area contributed by atoms with Crippen LogP contribution in [-0.2, 0) is 27.3 Å². The number of phenolic OH excluding ortho intramolecular Hbond substituents is 1. The Hall–Kier alpha value is -3.49. The smallest absolute Gasteiger partial charge is 0.401 e. The summed E-state index contributed by atoms with van der Waals surface area (Å²) in [7, 11) is 6.30. The Morgan fingerprint density at radius 1 is 1.15 bits per heavy atom. The number of Topliss-reactive ketones (excluding diaryl/α,β-unsaturated/α-hetero) is 3. The third-order valence-corrected chi connectivity index (χ3v) is 8.10. The number of phenols is 1. The van der Waals surface area contributed by atoms with E-state index in [-0.39, 0.29) is 24.0 Å². The fourth-order valence-corrected chi connectivity index (χ4v) is 6.44. The molecule has 3 aliphatic rings. The molecule has 14 heteroatoms. The number of benzene rings is 1. The van der Waals surface area contributed by atoms with Crippen molar-refractivity contribution in [2.24, 2.45) is 23.5 Å². The molecule has 0 aliphatic heterocycles. The molecule has 6 N–H and O–H groups in total. The number of anilines is 1. The highest BCUT2D eigenvalue weighted by atomic mass is 19.4. The summed E-state index contributed by atoms with van der Waals surface area (Å²) in [5.41, 5.74) is 2.14. The second-order valence-electron chi connectivity index (χ2n) is 11.0. The van der Waals surface area contributed by atoms with Gasteiger partial charge in [0.25, 0.3) is 5.91 Å². The normalized spacial score (nSPS) is 28.4. The molecule has 1 aromatic carbocycles. The van der Waals surface area contributed by atoms with Gasteiger partial charge in [-0.3, -0.25) is 24.1 Å². The number of nitrogens with two attached hydrogens (primary N) is 1. The van der Waals surface area contributed by atoms with Crippen LogP contribution in [0.5, 0.6) is 5.75 Å². The van der Waals surface area contributed by atoms with Crippen molar-refractivity contribution in [3.8, 4) is 5.75 Å². The van der Waals surface area contributed by atoms with Crippen molar-refractivity contribution < 1.29 is 47.7 Å². The van der Waals surface area contributed by atoms with Crippen LogP contribution in [0.3, 0.4) is 0 Å². The summed E-state index contributed by atoms with van der Waals surface area (Å²) >= 11 is 0. The summed E-state index contributed by atoms with van der Waals surface area (Å²) in [6.07, 6.45) is -4.53. The molecule has 3 aliphatic carbocycles. The molecule has 1 fully saturated rings. The van der Waals surface area contributed by atoms with Gasteiger partial charge in [0, 0.05) is 37.8 Å². The molecule has 0 saturated heterocycles. The molecule has 0 spiro atoms. The predicted octanol–water partition coefficient (Wildman–Crippen LogP) is 0.212. The lowest BCUT2D eigenvalue weighted by atomic mass is 9.54. The lowest BCUT2D eigenvalue weighted by Crippen LogP contribution is -2.68. The van der Waals surface area contributed by atoms with Gasteiger partial charge < -0.3 is 31.3 Å². The van der Waals surface area contributed by atoms with Gasteiger partial charge in [0.2, 0.25) is 0 Å². The number of halogens is 3. The van der Waals surface area contributed by atoms with E-state index in [0.717, 1.165) is 0 Å². The summed E-state index contributed by atoms with van der Waals surface area (Å²) in [5.74, 6) is -9.57. The minimum absolute atomic E-state index is 0.00645. The fourth-order valence-electron chi connectivity index (χ4n) is 6.44. The topological polar surface area (TPSA) is 174 Å². The second kappa shape index (κ2) is 9.85. The Balaban J connectivity index is 1.85. The Kier molecular flexibility index (Phi) is 7.27. The highest BCUT2D eigenvalue weighted by Gasteiger charge is 2.66. The van der Waals surface area contributed by atoms with E-state index in [1.165, 1.54) is 25.1 Å². The Bertz CT molecular complexity index is 1340. The van der Waals surface area contributed by atoms with Crippen molar-refractivity contribution in [2.75, 3.05) is 39.6 Å². The zero-order chi connectivity index (χ0) is 30.1. The van der Waals surface area contributed by atoms with Gasteiger partial charge in [-0.25, -0.2) is 0 Å². The molecule has 218 valence electrons. The van der Waals surface area contributed by atoms with Crippen molar-refractivity contribution in [2.45, 2.75) is 37.2 Å². The number of aliphatic hydroxyl groups is 2. The highest BCUT2D eigenvalue weighted by molar-refractivity contribution is 6.25. The van der Waals surface area contributed by atoms with Crippen LogP contribution >= 0.6 is 0 Å². The number of rotatable bonds is 6. The van der Waals surface area contributed by atoms with Crippen LogP contribution in [-0.4, -0.2) is 96.0 Å². The van der Waals surface area contributed by atoms with E-state index in [9.17, 15) is 47.7 Å². The minimum atomic E-state index is -4.51. The average molecular weight is 569 g/mol. The molecule has 0 heterocycles. The first-order valence-corrected chi connectivity index (χ1v) is 12.5. The van der Waals surface area contributed by atoms with Crippen molar-refractivity contribution in [3.63, 3.8) is 0 Å². The summed E-state index contributed by atoms with van der Waals surface area (Å²) in [5, 5.41) is 35.8. The summed E-state index contributed by atoms with van der Waals surface area (Å²) < 4.78 is 38.1. The molecule has 3 unspecified atom stereocenters. The number of likely N-dealkylation sites (N-methyl/N-ethyl adjacent to an activating group) is 1. The monoisotopic (exact) mass is 568 g/mol. The molecular formula is C26H31F3N4O7. The average Bonchev–Trinajstić information content (AvgIpc) is 2.81. The van der Waals surface area contributed by atoms with E-state index in [1.54, 1.807) is 19.0 Å². The number of nitrogens with zero attached hydrogens (tertiary/aromatic N) is 2. The number of nitrogens with one attached hydrogen (secondary N) is 1. The Labute approximate surface area is 227 Å². The van der Waals surface area contributed by atoms with Crippen LogP contribution in [0.25, 0.3) is 0 Å². The number of alkyl halides is 3. The maximum atomic E-state index is 13.9. The standard InChI is InChI=1S/C26H31F3N4O7/c1-32(2)14-7-11(8-31-9-25(27,28)29)19(34)16-12(14)5-10-6-13-18(33(3)4)21(36)17(24(30)39)23(38)26(13,40)22(37)15(10)20(16)35/h7,10,13,15,18,31,34,38,40H,5-6,8-9H2,1-4H3,(H2,30,39)/t10?,13?,15?,18-,26-/m0/s1. The molecular weight excluding hydrogens is 537 g/mol. The zero-order valence-electron chi connectivity index (χ0n) is 22.3. The van der Waals surface area contributed by atoms with Crippen LogP contribution in [0.4, 0.5) is 18.9 Å². The first-order chi connectivity index (χ1) is 18.4. The van der Waals surface area contributed by atoms with Crippen LogP contribution < -0.4 is 16.0 Å². The Morgan fingerprint density at radius 2 is 1.77 bits per heavy atom. The molecule has 40 heavy (non-hydrogen) atoms. The molecule has 1 amide bonds. The maximum absolute atomic E-state index is 13.9. The minimum Gasteiger partial charge on any atom is -0.508 e. The van der Waals surface area contributed by atoms with Crippen molar-refractivity contribution in [3.05, 3.63) is 34.1 Å². The van der Waals surface area contributed by atoms with E-state index < -0.39 is 89.0 Å². The van der Waals surface area contributed by atoms with Crippen LogP contribution in [0.1, 0.15) is 27.9 Å². The number of amides is 1. The number of hydrogen-bond acceptors (Lipinski definition) is 10. The number of aliphatic hydroxyl groups excluding tert-OH is 1. The maximum Gasteiger partial charge on any atom is 0.401 e. The van der Waals surface area contributed by atoms with Crippen LogP contribution in [0, 0.1) is 17.8 Å². The molecule has 4 rings (SSSR count). The zero-order valence-corrected chi connectivity index (χ0v) is 22.3. The first kappa shape index (κ1) is 29.5. The highest BCUT2D eigenvalue weighted by Crippen LogP contribution is 2.53. The van der Waals surface area contributed by atoms with Crippen LogP contribution in [0.15, 0.2) is 17.4 Å². The van der Waals surface area contributed by atoms with Gasteiger partial charge in [0.1, 0.15) is 17.1 Å². The molecule has 11 nitrogen and oxygen atoms in total. The third kappa shape index (κ3) is 4.43. The van der Waals surface area contributed by atoms with Gasteiger partial charge in [-0.2, -0.15) is 13.2 Å². The van der Waals surface area contributed by atoms with Crippen molar-refractivity contribution in [1.82, 2.24) is 10.2 Å². The van der Waals surface area contributed by atoms with E-state index in [4.69, 9.17) is 5.73 Å². The van der Waals surface area contributed by atoms with Gasteiger partial charge in [-0.05, 0) is 44.5 Å². The Morgan fingerprint density at radius 3 is 2.30 bits per heavy atom. The van der Waals surface area contributed by atoms with Gasteiger partial charge in [0.15, 0.2) is 23.0 Å². The van der Waals surface area contributed by atoms with E-state index in [1.807, 2.05) is 0 Å². The van der Waals surface area contributed by atoms with Crippen LogP contribution in [0.2, 0.25) is 0 Å². The molecule has 5 atom stereocenters. The number of carbonyl (C=O) groups is 4. The number of hydrogen-bond donors (Lipinski definition) is 5. The van der Waals surface area contributed by atoms with Gasteiger partial charge >= 0.3 is 6.18 Å². The molecule has 1 saturated carbocycles. The summed E-state index contributed by atoms with van der Waals surface area (Å²) in [6, 6.07) is 0.251. The number of fused-ring (bicyclic) bond motifs is 3. The van der Waals surface area contributed by atoms with Crippen molar-refractivity contribution in [1.29, 1.82) is 0 Å². The fraction of sp³-hybridized carbons (Fsp3) is 0.538. The van der Waals surface area contributed by atoms with Gasteiger partial charge in [0.05, 0.1) is 24.1 Å². The molecule has 0 aromatic heterocycles. The lowest BCUT2D eigenvalue weighted by molar-refractivity contribution is -0.163. The summed E-state index contributed by atoms with van der Waals surface area (Å²) in [6.45, 7) is -1.77. The number of aromatic hydroxyl groups is 1. The lowest BCUT2D eigenvalue weighted by Gasteiger charge is -2.52. The molecule has 1 aromatic rings. The van der Waals surface area contributed by atoms with E-state index >= 15 is 0 Å². The number of carbonyl (C=O) groups excluding carboxylic acids is 4. The largest absolute Gasteiger partial charge is 0.508 e. The summed E-state index contributed by atoms with van der Waals surface area (Å²) in [4.78, 5) is 56.0.